The van der Waals surface area contributed by atoms with Gasteiger partial charge in [-0.05, 0) is 24.6 Å². The summed E-state index contributed by atoms with van der Waals surface area (Å²) in [6.07, 6.45) is 0.503. The molecule has 0 spiro atoms. The summed E-state index contributed by atoms with van der Waals surface area (Å²) in [6, 6.07) is 12.5. The summed E-state index contributed by atoms with van der Waals surface area (Å²) in [5.41, 5.74) is 1.86. The van der Waals surface area contributed by atoms with Crippen molar-refractivity contribution in [2.75, 3.05) is 6.61 Å². The van der Waals surface area contributed by atoms with Gasteiger partial charge in [0.25, 0.3) is 5.69 Å². The molecule has 104 valence electrons. The van der Waals surface area contributed by atoms with E-state index in [1.54, 1.807) is 18.2 Å². The van der Waals surface area contributed by atoms with Gasteiger partial charge in [-0.1, -0.05) is 40.2 Å². The number of aryl methyl sites for hydroxylation is 1. The number of hydrogen-bond donors (Lipinski definition) is 0. The fourth-order valence-corrected chi connectivity index (χ4v) is 2.24. The lowest BCUT2D eigenvalue weighted by Crippen LogP contribution is -2.04. The van der Waals surface area contributed by atoms with Gasteiger partial charge in [-0.15, -0.1) is 0 Å². The molecule has 2 aromatic carbocycles. The molecule has 0 amide bonds. The largest absolute Gasteiger partial charge is 0.493 e. The third-order valence-corrected chi connectivity index (χ3v) is 3.46. The summed E-state index contributed by atoms with van der Waals surface area (Å²) in [6.45, 7) is 2.37. The summed E-state index contributed by atoms with van der Waals surface area (Å²) in [5, 5.41) is 10.9. The van der Waals surface area contributed by atoms with Crippen molar-refractivity contribution in [3.63, 3.8) is 0 Å². The fraction of sp³-hybridized carbons (Fsp3) is 0.200. The first-order chi connectivity index (χ1) is 9.58. The third-order valence-electron chi connectivity index (χ3n) is 2.97. The second kappa shape index (κ2) is 6.52. The summed E-state index contributed by atoms with van der Waals surface area (Å²) in [5.74, 6) is 0.790. The predicted octanol–water partition coefficient (Wildman–Crippen LogP) is 4.29. The van der Waals surface area contributed by atoms with Gasteiger partial charge in [0.2, 0.25) is 0 Å². The van der Waals surface area contributed by atoms with Crippen LogP contribution in [-0.4, -0.2) is 11.5 Å². The summed E-state index contributed by atoms with van der Waals surface area (Å²) >= 11 is 3.39. The zero-order valence-electron chi connectivity index (χ0n) is 11.0. The maximum Gasteiger partial charge on any atom is 0.272 e. The Bertz CT molecular complexity index is 628. The molecule has 0 saturated carbocycles. The Hall–Kier alpha value is -1.88. The monoisotopic (exact) mass is 335 g/mol. The Labute approximate surface area is 125 Å². The Kier molecular flexibility index (Phi) is 4.74. The number of hydrogen-bond acceptors (Lipinski definition) is 3. The molecule has 2 rings (SSSR count). The molecule has 0 radical (unpaired) electrons. The van der Waals surface area contributed by atoms with E-state index in [-0.39, 0.29) is 10.6 Å². The van der Waals surface area contributed by atoms with Crippen molar-refractivity contribution >= 4 is 21.6 Å². The topological polar surface area (TPSA) is 52.4 Å². The highest BCUT2D eigenvalue weighted by Crippen LogP contribution is 2.24. The van der Waals surface area contributed by atoms with Crippen molar-refractivity contribution in [1.82, 2.24) is 0 Å². The first-order valence-corrected chi connectivity index (χ1v) is 6.98. The molecule has 0 saturated heterocycles. The Morgan fingerprint density at radius 1 is 1.25 bits per heavy atom. The molecule has 0 unspecified atom stereocenters. The zero-order valence-corrected chi connectivity index (χ0v) is 12.6. The molecule has 0 atom stereocenters. The van der Waals surface area contributed by atoms with Crippen LogP contribution in [0.15, 0.2) is 46.9 Å². The van der Waals surface area contributed by atoms with Gasteiger partial charge in [0.05, 0.1) is 11.5 Å². The van der Waals surface area contributed by atoms with Crippen LogP contribution in [0.25, 0.3) is 0 Å². The van der Waals surface area contributed by atoms with E-state index in [1.165, 1.54) is 6.07 Å². The van der Waals surface area contributed by atoms with Gasteiger partial charge >= 0.3 is 0 Å². The van der Waals surface area contributed by atoms with E-state index < -0.39 is 0 Å². The van der Waals surface area contributed by atoms with Crippen molar-refractivity contribution in [2.24, 2.45) is 0 Å². The number of benzene rings is 2. The normalized spacial score (nSPS) is 10.3. The number of para-hydroxylation sites is 1. The van der Waals surface area contributed by atoms with Gasteiger partial charge in [-0.3, -0.25) is 10.1 Å². The number of nitro groups is 1. The molecule has 2 aromatic rings. The van der Waals surface area contributed by atoms with Gasteiger partial charge in [0.15, 0.2) is 0 Å². The smallest absolute Gasteiger partial charge is 0.272 e. The first-order valence-electron chi connectivity index (χ1n) is 6.19. The van der Waals surface area contributed by atoms with Crippen molar-refractivity contribution in [3.05, 3.63) is 68.2 Å². The number of nitro benzene ring substituents is 1. The Balaban J connectivity index is 2.03. The summed E-state index contributed by atoms with van der Waals surface area (Å²) in [7, 11) is 0. The van der Waals surface area contributed by atoms with Gasteiger partial charge in [-0.2, -0.15) is 0 Å². The van der Waals surface area contributed by atoms with Crippen LogP contribution in [-0.2, 0) is 6.42 Å². The standard InChI is InChI=1S/C15H14BrNO3/c1-11-6-7-13(16)10-15(11)20-9-8-12-4-2-3-5-14(12)17(18)19/h2-7,10H,8-9H2,1H3. The van der Waals surface area contributed by atoms with Gasteiger partial charge in [0.1, 0.15) is 5.75 Å². The second-order valence-electron chi connectivity index (χ2n) is 4.39. The molecule has 20 heavy (non-hydrogen) atoms. The van der Waals surface area contributed by atoms with Crippen LogP contribution in [0.2, 0.25) is 0 Å². The van der Waals surface area contributed by atoms with E-state index in [9.17, 15) is 10.1 Å². The lowest BCUT2D eigenvalue weighted by atomic mass is 10.1. The maximum absolute atomic E-state index is 10.9. The molecule has 4 nitrogen and oxygen atoms in total. The highest BCUT2D eigenvalue weighted by atomic mass is 79.9. The average Bonchev–Trinajstić information content (AvgIpc) is 2.43. The van der Waals surface area contributed by atoms with E-state index in [4.69, 9.17) is 4.74 Å². The van der Waals surface area contributed by atoms with Crippen LogP contribution in [0.4, 0.5) is 5.69 Å². The molecule has 0 bridgehead atoms. The highest BCUT2D eigenvalue weighted by molar-refractivity contribution is 9.10. The van der Waals surface area contributed by atoms with Crippen LogP contribution < -0.4 is 4.74 Å². The SMILES string of the molecule is Cc1ccc(Br)cc1OCCc1ccccc1[N+](=O)[O-]. The molecule has 0 aliphatic carbocycles. The minimum Gasteiger partial charge on any atom is -0.493 e. The van der Waals surface area contributed by atoms with E-state index >= 15 is 0 Å². The van der Waals surface area contributed by atoms with Crippen LogP contribution in [0.1, 0.15) is 11.1 Å². The predicted molar refractivity (Wildman–Crippen MR) is 81.2 cm³/mol. The van der Waals surface area contributed by atoms with E-state index in [0.717, 1.165) is 15.8 Å². The van der Waals surface area contributed by atoms with Crippen LogP contribution in [0, 0.1) is 17.0 Å². The van der Waals surface area contributed by atoms with Crippen molar-refractivity contribution in [1.29, 1.82) is 0 Å². The highest BCUT2D eigenvalue weighted by Gasteiger charge is 2.12. The lowest BCUT2D eigenvalue weighted by molar-refractivity contribution is -0.385. The van der Waals surface area contributed by atoms with Gasteiger partial charge in [0, 0.05) is 22.5 Å². The van der Waals surface area contributed by atoms with E-state index in [1.807, 2.05) is 25.1 Å². The molecule has 0 N–H and O–H groups in total. The number of ether oxygens (including phenoxy) is 1. The minimum atomic E-state index is -0.361. The van der Waals surface area contributed by atoms with E-state index in [2.05, 4.69) is 15.9 Å². The Morgan fingerprint density at radius 2 is 2.00 bits per heavy atom. The Morgan fingerprint density at radius 3 is 2.75 bits per heavy atom. The molecular weight excluding hydrogens is 322 g/mol. The van der Waals surface area contributed by atoms with Gasteiger partial charge < -0.3 is 4.74 Å². The van der Waals surface area contributed by atoms with Crippen LogP contribution in [0.5, 0.6) is 5.75 Å². The summed E-state index contributed by atoms with van der Waals surface area (Å²) in [4.78, 5) is 10.6. The number of halogens is 1. The molecule has 0 aliphatic heterocycles. The molecule has 0 aliphatic rings. The second-order valence-corrected chi connectivity index (χ2v) is 5.31. The third kappa shape index (κ3) is 3.57. The van der Waals surface area contributed by atoms with Crippen LogP contribution in [0.3, 0.4) is 0 Å². The van der Waals surface area contributed by atoms with E-state index in [0.29, 0.717) is 18.6 Å². The quantitative estimate of drug-likeness (QED) is 0.605. The summed E-state index contributed by atoms with van der Waals surface area (Å²) < 4.78 is 6.65. The molecule has 0 heterocycles. The molecule has 5 heteroatoms. The first kappa shape index (κ1) is 14.5. The van der Waals surface area contributed by atoms with Crippen molar-refractivity contribution in [2.45, 2.75) is 13.3 Å². The van der Waals surface area contributed by atoms with Crippen molar-refractivity contribution < 1.29 is 9.66 Å². The lowest BCUT2D eigenvalue weighted by Gasteiger charge is -2.09. The molecule has 0 fully saturated rings. The molecular formula is C15H14BrNO3. The van der Waals surface area contributed by atoms with Crippen molar-refractivity contribution in [3.8, 4) is 5.75 Å². The van der Waals surface area contributed by atoms with Gasteiger partial charge in [-0.25, -0.2) is 0 Å². The molecule has 0 aromatic heterocycles. The van der Waals surface area contributed by atoms with Crippen LogP contribution >= 0.6 is 15.9 Å². The maximum atomic E-state index is 10.9. The zero-order chi connectivity index (χ0) is 14.5. The minimum absolute atomic E-state index is 0.141. The number of nitrogens with zero attached hydrogens (tertiary/aromatic N) is 1. The number of rotatable bonds is 5. The average molecular weight is 336 g/mol. The fourth-order valence-electron chi connectivity index (χ4n) is 1.90.